The predicted molar refractivity (Wildman–Crippen MR) is 72.0 cm³/mol. The zero-order chi connectivity index (χ0) is 14.0. The third kappa shape index (κ3) is 2.66. The monoisotopic (exact) mass is 264 g/mol. The molecule has 2 atom stereocenters. The van der Waals surface area contributed by atoms with E-state index in [-0.39, 0.29) is 29.0 Å². The molecule has 1 aromatic rings. The van der Waals surface area contributed by atoms with Gasteiger partial charge < -0.3 is 20.8 Å². The van der Waals surface area contributed by atoms with E-state index in [1.807, 2.05) is 0 Å². The molecule has 5 nitrogen and oxygen atoms in total. The summed E-state index contributed by atoms with van der Waals surface area (Å²) in [5.41, 5.74) is 5.98. The first-order valence-electron chi connectivity index (χ1n) is 6.57. The van der Waals surface area contributed by atoms with E-state index in [1.165, 1.54) is 18.2 Å². The first kappa shape index (κ1) is 13.7. The van der Waals surface area contributed by atoms with Gasteiger partial charge in [0.25, 0.3) is 5.91 Å². The van der Waals surface area contributed by atoms with Gasteiger partial charge in [-0.15, -0.1) is 0 Å². The van der Waals surface area contributed by atoms with Gasteiger partial charge in [0.2, 0.25) is 0 Å². The number of nitrogens with zero attached hydrogens (tertiary/aromatic N) is 1. The summed E-state index contributed by atoms with van der Waals surface area (Å²) in [6, 6.07) is 4.03. The number of benzene rings is 1. The van der Waals surface area contributed by atoms with Crippen molar-refractivity contribution in [2.24, 2.45) is 11.7 Å². The van der Waals surface area contributed by atoms with Gasteiger partial charge in [0.1, 0.15) is 11.5 Å². The normalized spacial score (nSPS) is 23.4. The molecule has 2 rings (SSSR count). The first-order valence-corrected chi connectivity index (χ1v) is 6.57. The number of piperidine rings is 1. The van der Waals surface area contributed by atoms with Crippen LogP contribution in [0.3, 0.4) is 0 Å². The van der Waals surface area contributed by atoms with E-state index in [2.05, 4.69) is 6.92 Å². The Bertz CT molecular complexity index is 476. The number of rotatable bonds is 2. The van der Waals surface area contributed by atoms with Crippen LogP contribution in [0, 0.1) is 5.92 Å². The lowest BCUT2D eigenvalue weighted by Gasteiger charge is -2.39. The van der Waals surface area contributed by atoms with Crippen molar-refractivity contribution >= 4 is 5.91 Å². The van der Waals surface area contributed by atoms with E-state index < -0.39 is 0 Å². The topological polar surface area (TPSA) is 86.8 Å². The Morgan fingerprint density at radius 2 is 2.21 bits per heavy atom. The maximum atomic E-state index is 12.5. The summed E-state index contributed by atoms with van der Waals surface area (Å²) >= 11 is 0. The van der Waals surface area contributed by atoms with Crippen molar-refractivity contribution in [1.82, 2.24) is 4.90 Å². The van der Waals surface area contributed by atoms with Crippen molar-refractivity contribution in [3.05, 3.63) is 23.8 Å². The molecule has 0 aliphatic carbocycles. The quantitative estimate of drug-likeness (QED) is 0.751. The van der Waals surface area contributed by atoms with Crippen LogP contribution in [-0.2, 0) is 0 Å². The summed E-state index contributed by atoms with van der Waals surface area (Å²) in [6.07, 6.45) is 2.01. The van der Waals surface area contributed by atoms with Crippen LogP contribution >= 0.6 is 0 Å². The molecule has 1 fully saturated rings. The highest BCUT2D eigenvalue weighted by molar-refractivity contribution is 5.97. The van der Waals surface area contributed by atoms with Gasteiger partial charge in [-0.05, 0) is 30.9 Å². The van der Waals surface area contributed by atoms with E-state index in [4.69, 9.17) is 5.73 Å². The molecule has 1 heterocycles. The number of carbonyl (C=O) groups excluding carboxylic acids is 1. The van der Waals surface area contributed by atoms with Crippen LogP contribution in [0.15, 0.2) is 18.2 Å². The molecule has 2 unspecified atom stereocenters. The Balaban J connectivity index is 2.27. The lowest BCUT2D eigenvalue weighted by atomic mass is 9.90. The molecule has 104 valence electrons. The average molecular weight is 264 g/mol. The van der Waals surface area contributed by atoms with E-state index in [1.54, 1.807) is 4.90 Å². The highest BCUT2D eigenvalue weighted by atomic mass is 16.3. The van der Waals surface area contributed by atoms with Crippen molar-refractivity contribution in [3.63, 3.8) is 0 Å². The van der Waals surface area contributed by atoms with Gasteiger partial charge in [0, 0.05) is 25.2 Å². The fourth-order valence-corrected chi connectivity index (χ4v) is 2.72. The van der Waals surface area contributed by atoms with Crippen LogP contribution in [-0.4, -0.2) is 40.2 Å². The first-order chi connectivity index (χ1) is 9.04. The fourth-order valence-electron chi connectivity index (χ4n) is 2.72. The second kappa shape index (κ2) is 5.48. The minimum atomic E-state index is -0.223. The molecule has 1 aliphatic heterocycles. The Kier molecular flexibility index (Phi) is 3.95. The number of likely N-dealkylation sites (tertiary alicyclic amines) is 1. The number of carbonyl (C=O) groups is 1. The minimum Gasteiger partial charge on any atom is -0.508 e. The van der Waals surface area contributed by atoms with Crippen molar-refractivity contribution in [1.29, 1.82) is 0 Å². The van der Waals surface area contributed by atoms with E-state index in [0.29, 0.717) is 19.0 Å². The van der Waals surface area contributed by atoms with Gasteiger partial charge in [-0.25, -0.2) is 0 Å². The fraction of sp³-hybridized carbons (Fsp3) is 0.500. The number of phenols is 2. The molecule has 1 amide bonds. The van der Waals surface area contributed by atoms with Crippen molar-refractivity contribution in [3.8, 4) is 11.5 Å². The Hall–Kier alpha value is -1.75. The van der Waals surface area contributed by atoms with Gasteiger partial charge >= 0.3 is 0 Å². The lowest BCUT2D eigenvalue weighted by molar-refractivity contribution is 0.0529. The summed E-state index contributed by atoms with van der Waals surface area (Å²) in [6.45, 7) is 3.17. The maximum Gasteiger partial charge on any atom is 0.257 e. The third-order valence-corrected chi connectivity index (χ3v) is 3.83. The molecule has 5 heteroatoms. The summed E-state index contributed by atoms with van der Waals surface area (Å²) in [5.74, 6) is -0.114. The molecule has 1 aromatic carbocycles. The Labute approximate surface area is 112 Å². The highest BCUT2D eigenvalue weighted by Crippen LogP contribution is 2.28. The lowest BCUT2D eigenvalue weighted by Crippen LogP contribution is -2.51. The summed E-state index contributed by atoms with van der Waals surface area (Å²) in [5, 5.41) is 19.0. The standard InChI is InChI=1S/C14H20N2O3/c1-9-3-2-6-16(12(9)8-15)14(19)11-5-4-10(17)7-13(11)18/h4-5,7,9,12,17-18H,2-3,6,8,15H2,1H3. The zero-order valence-corrected chi connectivity index (χ0v) is 11.0. The number of aromatic hydroxyl groups is 2. The van der Waals surface area contributed by atoms with Gasteiger partial charge in [0.05, 0.1) is 5.56 Å². The molecule has 0 bridgehead atoms. The molecule has 0 aromatic heterocycles. The van der Waals surface area contributed by atoms with Crippen LogP contribution in [0.2, 0.25) is 0 Å². The van der Waals surface area contributed by atoms with Crippen molar-refractivity contribution in [2.75, 3.05) is 13.1 Å². The highest BCUT2D eigenvalue weighted by Gasteiger charge is 2.32. The van der Waals surface area contributed by atoms with E-state index in [0.717, 1.165) is 12.8 Å². The molecule has 19 heavy (non-hydrogen) atoms. The maximum absolute atomic E-state index is 12.5. The smallest absolute Gasteiger partial charge is 0.257 e. The molecular formula is C14H20N2O3. The number of hydrogen-bond acceptors (Lipinski definition) is 4. The molecule has 1 saturated heterocycles. The van der Waals surface area contributed by atoms with Gasteiger partial charge in [-0.3, -0.25) is 4.79 Å². The minimum absolute atomic E-state index is 0.00875. The summed E-state index contributed by atoms with van der Waals surface area (Å²) < 4.78 is 0. The van der Waals surface area contributed by atoms with Crippen LogP contribution < -0.4 is 5.73 Å². The largest absolute Gasteiger partial charge is 0.508 e. The number of amides is 1. The molecular weight excluding hydrogens is 244 g/mol. The van der Waals surface area contributed by atoms with Crippen molar-refractivity contribution in [2.45, 2.75) is 25.8 Å². The van der Waals surface area contributed by atoms with Gasteiger partial charge in [-0.2, -0.15) is 0 Å². The Morgan fingerprint density at radius 3 is 2.84 bits per heavy atom. The van der Waals surface area contributed by atoms with Crippen LogP contribution in [0.4, 0.5) is 0 Å². The number of phenolic OH excluding ortho intramolecular Hbond substituents is 2. The van der Waals surface area contributed by atoms with E-state index in [9.17, 15) is 15.0 Å². The van der Waals surface area contributed by atoms with Crippen LogP contribution in [0.25, 0.3) is 0 Å². The molecule has 0 radical (unpaired) electrons. The summed E-state index contributed by atoms with van der Waals surface area (Å²) in [4.78, 5) is 14.2. The second-order valence-electron chi connectivity index (χ2n) is 5.12. The number of nitrogens with two attached hydrogens (primary N) is 1. The van der Waals surface area contributed by atoms with Crippen molar-refractivity contribution < 1.29 is 15.0 Å². The Morgan fingerprint density at radius 1 is 1.47 bits per heavy atom. The number of hydrogen-bond donors (Lipinski definition) is 3. The van der Waals surface area contributed by atoms with E-state index >= 15 is 0 Å². The SMILES string of the molecule is CC1CCCN(C(=O)c2ccc(O)cc2O)C1CN. The average Bonchev–Trinajstić information content (AvgIpc) is 2.37. The molecule has 0 saturated carbocycles. The van der Waals surface area contributed by atoms with Gasteiger partial charge in [0.15, 0.2) is 0 Å². The molecule has 4 N–H and O–H groups in total. The second-order valence-corrected chi connectivity index (χ2v) is 5.12. The molecule has 1 aliphatic rings. The van der Waals surface area contributed by atoms with Crippen LogP contribution in [0.5, 0.6) is 11.5 Å². The third-order valence-electron chi connectivity index (χ3n) is 3.83. The zero-order valence-electron chi connectivity index (χ0n) is 11.0. The molecule has 0 spiro atoms. The van der Waals surface area contributed by atoms with Gasteiger partial charge in [-0.1, -0.05) is 6.92 Å². The predicted octanol–water partition coefficient (Wildman–Crippen LogP) is 1.30. The van der Waals surface area contributed by atoms with Crippen LogP contribution in [0.1, 0.15) is 30.1 Å². The summed E-state index contributed by atoms with van der Waals surface area (Å²) in [7, 11) is 0.